The Morgan fingerprint density at radius 1 is 1.38 bits per heavy atom. The van der Waals surface area contributed by atoms with Crippen LogP contribution in [0.2, 0.25) is 0 Å². The number of carbonyl (C=O) groups excluding carboxylic acids is 1. The van der Waals surface area contributed by atoms with Crippen LogP contribution in [0.5, 0.6) is 5.75 Å². The van der Waals surface area contributed by atoms with Gasteiger partial charge in [-0.2, -0.15) is 0 Å². The molecular formula is C11H12O2. The van der Waals surface area contributed by atoms with Crippen molar-refractivity contribution >= 4 is 5.78 Å². The molecule has 1 aliphatic heterocycles. The van der Waals surface area contributed by atoms with E-state index in [0.29, 0.717) is 5.92 Å². The molecule has 0 fully saturated rings. The van der Waals surface area contributed by atoms with Crippen LogP contribution in [0, 0.1) is 0 Å². The number of rotatable bonds is 1. The third-order valence-electron chi connectivity index (χ3n) is 2.33. The van der Waals surface area contributed by atoms with Gasteiger partial charge in [-0.25, -0.2) is 0 Å². The Kier molecular flexibility index (Phi) is 1.83. The van der Waals surface area contributed by atoms with Crippen LogP contribution in [-0.2, 0) is 0 Å². The Labute approximate surface area is 77.5 Å². The second-order valence-electron chi connectivity index (χ2n) is 3.62. The molecule has 2 rings (SSSR count). The molecule has 0 saturated heterocycles. The molecule has 1 aliphatic rings. The first-order valence-corrected chi connectivity index (χ1v) is 4.48. The molecule has 0 aliphatic carbocycles. The van der Waals surface area contributed by atoms with Crippen molar-refractivity contribution in [3.63, 3.8) is 0 Å². The van der Waals surface area contributed by atoms with Crippen LogP contribution in [0.1, 0.15) is 35.7 Å². The van der Waals surface area contributed by atoms with Gasteiger partial charge in [-0.15, -0.1) is 0 Å². The smallest absolute Gasteiger partial charge is 0.203 e. The average molecular weight is 176 g/mol. The minimum absolute atomic E-state index is 0.0882. The first-order chi connectivity index (χ1) is 6.18. The number of hydrogen-bond donors (Lipinski definition) is 0. The lowest BCUT2D eigenvalue weighted by molar-refractivity contribution is 0.0961. The van der Waals surface area contributed by atoms with Crippen molar-refractivity contribution in [1.29, 1.82) is 0 Å². The van der Waals surface area contributed by atoms with Crippen molar-refractivity contribution in [2.75, 3.05) is 6.61 Å². The molecule has 2 heteroatoms. The quantitative estimate of drug-likeness (QED) is 0.656. The van der Waals surface area contributed by atoms with E-state index in [1.165, 1.54) is 5.56 Å². The average Bonchev–Trinajstić information content (AvgIpc) is 2.47. The summed E-state index contributed by atoms with van der Waals surface area (Å²) in [5.74, 6) is 1.31. The Morgan fingerprint density at radius 3 is 2.85 bits per heavy atom. The van der Waals surface area contributed by atoms with Crippen LogP contribution in [0.3, 0.4) is 0 Å². The zero-order valence-electron chi connectivity index (χ0n) is 7.83. The molecular weight excluding hydrogens is 164 g/mol. The van der Waals surface area contributed by atoms with Gasteiger partial charge in [0.15, 0.2) is 6.61 Å². The Bertz CT molecular complexity index is 353. The van der Waals surface area contributed by atoms with Gasteiger partial charge in [0.1, 0.15) is 5.75 Å². The van der Waals surface area contributed by atoms with E-state index in [9.17, 15) is 4.79 Å². The summed E-state index contributed by atoms with van der Waals surface area (Å²) in [7, 11) is 0. The highest BCUT2D eigenvalue weighted by Crippen LogP contribution is 2.28. The molecule has 0 N–H and O–H groups in total. The Morgan fingerprint density at radius 2 is 2.15 bits per heavy atom. The van der Waals surface area contributed by atoms with Crippen LogP contribution >= 0.6 is 0 Å². The van der Waals surface area contributed by atoms with Crippen molar-refractivity contribution in [3.05, 3.63) is 29.3 Å². The summed E-state index contributed by atoms with van der Waals surface area (Å²) in [5.41, 5.74) is 1.94. The fourth-order valence-electron chi connectivity index (χ4n) is 1.47. The van der Waals surface area contributed by atoms with E-state index in [-0.39, 0.29) is 12.4 Å². The molecule has 68 valence electrons. The van der Waals surface area contributed by atoms with Crippen molar-refractivity contribution < 1.29 is 9.53 Å². The van der Waals surface area contributed by atoms with E-state index in [4.69, 9.17) is 4.74 Å². The molecule has 0 amide bonds. The predicted molar refractivity (Wildman–Crippen MR) is 50.4 cm³/mol. The van der Waals surface area contributed by atoms with E-state index >= 15 is 0 Å². The van der Waals surface area contributed by atoms with Gasteiger partial charge < -0.3 is 4.74 Å². The van der Waals surface area contributed by atoms with E-state index in [1.807, 2.05) is 18.2 Å². The normalized spacial score (nSPS) is 14.5. The summed E-state index contributed by atoms with van der Waals surface area (Å²) in [6.07, 6.45) is 0. The number of ketones is 1. The van der Waals surface area contributed by atoms with Gasteiger partial charge in [0, 0.05) is 0 Å². The largest absolute Gasteiger partial charge is 0.485 e. The van der Waals surface area contributed by atoms with Crippen LogP contribution in [-0.4, -0.2) is 12.4 Å². The number of hydrogen-bond acceptors (Lipinski definition) is 2. The lowest BCUT2D eigenvalue weighted by atomic mass is 10.0. The highest BCUT2D eigenvalue weighted by molar-refractivity contribution is 6.02. The maximum Gasteiger partial charge on any atom is 0.203 e. The fraction of sp³-hybridized carbons (Fsp3) is 0.364. The topological polar surface area (TPSA) is 26.3 Å². The summed E-state index contributed by atoms with van der Waals surface area (Å²) in [6, 6.07) is 5.82. The maximum absolute atomic E-state index is 11.2. The lowest BCUT2D eigenvalue weighted by Crippen LogP contribution is -1.98. The number of benzene rings is 1. The van der Waals surface area contributed by atoms with Crippen molar-refractivity contribution in [1.82, 2.24) is 0 Å². The van der Waals surface area contributed by atoms with E-state index in [2.05, 4.69) is 13.8 Å². The van der Waals surface area contributed by atoms with Crippen LogP contribution in [0.15, 0.2) is 18.2 Å². The maximum atomic E-state index is 11.2. The van der Waals surface area contributed by atoms with Gasteiger partial charge >= 0.3 is 0 Å². The fourth-order valence-corrected chi connectivity index (χ4v) is 1.47. The van der Waals surface area contributed by atoms with E-state index in [0.717, 1.165) is 11.3 Å². The highest BCUT2D eigenvalue weighted by atomic mass is 16.5. The van der Waals surface area contributed by atoms with Gasteiger partial charge in [-0.05, 0) is 23.6 Å². The highest BCUT2D eigenvalue weighted by Gasteiger charge is 2.21. The number of carbonyl (C=O) groups is 1. The number of Topliss-reactive ketones (excluding diaryl/α,β-unsaturated/α-hetero) is 1. The van der Waals surface area contributed by atoms with Crippen molar-refractivity contribution in [3.8, 4) is 5.75 Å². The minimum Gasteiger partial charge on any atom is -0.485 e. The Balaban J connectivity index is 2.45. The third kappa shape index (κ3) is 1.32. The zero-order chi connectivity index (χ0) is 9.42. The van der Waals surface area contributed by atoms with Crippen LogP contribution in [0.4, 0.5) is 0 Å². The second kappa shape index (κ2) is 2.87. The summed E-state index contributed by atoms with van der Waals surface area (Å²) >= 11 is 0. The van der Waals surface area contributed by atoms with Crippen LogP contribution < -0.4 is 4.74 Å². The van der Waals surface area contributed by atoms with Gasteiger partial charge in [-0.3, -0.25) is 4.79 Å². The first kappa shape index (κ1) is 8.30. The molecule has 0 atom stereocenters. The molecule has 0 bridgehead atoms. The molecule has 0 spiro atoms. The lowest BCUT2D eigenvalue weighted by Gasteiger charge is -2.06. The van der Waals surface area contributed by atoms with E-state index in [1.54, 1.807) is 0 Å². The third-order valence-corrected chi connectivity index (χ3v) is 2.33. The second-order valence-corrected chi connectivity index (χ2v) is 3.62. The molecule has 0 radical (unpaired) electrons. The SMILES string of the molecule is CC(C)c1ccc2c(c1)OCC2=O. The number of ether oxygens (including phenoxy) is 1. The molecule has 1 heterocycles. The van der Waals surface area contributed by atoms with Gasteiger partial charge in [0.2, 0.25) is 5.78 Å². The van der Waals surface area contributed by atoms with Crippen molar-refractivity contribution in [2.24, 2.45) is 0 Å². The number of fused-ring (bicyclic) bond motifs is 1. The molecule has 1 aromatic rings. The van der Waals surface area contributed by atoms with E-state index < -0.39 is 0 Å². The standard InChI is InChI=1S/C11H12O2/c1-7(2)8-3-4-9-10(12)6-13-11(9)5-8/h3-5,7H,6H2,1-2H3. The molecule has 13 heavy (non-hydrogen) atoms. The molecule has 1 aromatic carbocycles. The molecule has 2 nitrogen and oxygen atoms in total. The molecule has 0 aromatic heterocycles. The Hall–Kier alpha value is -1.31. The summed E-state index contributed by atoms with van der Waals surface area (Å²) in [6.45, 7) is 4.45. The summed E-state index contributed by atoms with van der Waals surface area (Å²) in [5, 5.41) is 0. The monoisotopic (exact) mass is 176 g/mol. The summed E-state index contributed by atoms with van der Waals surface area (Å²) < 4.78 is 5.25. The summed E-state index contributed by atoms with van der Waals surface area (Å²) in [4.78, 5) is 11.2. The minimum atomic E-state index is 0.0882. The molecule has 0 saturated carbocycles. The van der Waals surface area contributed by atoms with Gasteiger partial charge in [0.05, 0.1) is 5.56 Å². The first-order valence-electron chi connectivity index (χ1n) is 4.48. The molecule has 0 unspecified atom stereocenters. The zero-order valence-corrected chi connectivity index (χ0v) is 7.83. The van der Waals surface area contributed by atoms with Gasteiger partial charge in [-0.1, -0.05) is 19.9 Å². The van der Waals surface area contributed by atoms with Crippen LogP contribution in [0.25, 0.3) is 0 Å². The predicted octanol–water partition coefficient (Wildman–Crippen LogP) is 2.39. The van der Waals surface area contributed by atoms with Gasteiger partial charge in [0.25, 0.3) is 0 Å². The van der Waals surface area contributed by atoms with Crippen molar-refractivity contribution in [2.45, 2.75) is 19.8 Å².